The average molecular weight is 629 g/mol. The van der Waals surface area contributed by atoms with Crippen molar-refractivity contribution in [1.82, 2.24) is 0 Å². The predicted molar refractivity (Wildman–Crippen MR) is 160 cm³/mol. The van der Waals surface area contributed by atoms with E-state index in [1.807, 2.05) is 192 Å². The third kappa shape index (κ3) is 91.3. The third-order valence-electron chi connectivity index (χ3n) is 2.00. The van der Waals surface area contributed by atoms with Crippen molar-refractivity contribution < 1.29 is 21.1 Å². The molecule has 0 spiro atoms. The summed E-state index contributed by atoms with van der Waals surface area (Å²) in [5.41, 5.74) is 0. The molecule has 33 heavy (non-hydrogen) atoms. The molecule has 0 heterocycles. The monoisotopic (exact) mass is 628 g/mol. The number of hydrogen-bond acceptors (Lipinski definition) is 0. The summed E-state index contributed by atoms with van der Waals surface area (Å²) in [6.07, 6.45) is 0. The molecule has 0 aliphatic rings. The molecule has 3 aromatic rings. The van der Waals surface area contributed by atoms with Gasteiger partial charge in [0.05, 0.1) is 0 Å². The van der Waals surface area contributed by atoms with E-state index in [0.29, 0.717) is 0 Å². The first-order valence-electron chi connectivity index (χ1n) is 12.0. The minimum absolute atomic E-state index is 0. The molecule has 0 nitrogen and oxygen atoms in total. The molecule has 0 radical (unpaired) electrons. The van der Waals surface area contributed by atoms with Crippen molar-refractivity contribution >= 4 is 0 Å². The van der Waals surface area contributed by atoms with Gasteiger partial charge in [0, 0.05) is 0 Å². The Morgan fingerprint density at radius 1 is 0.182 bits per heavy atom. The van der Waals surface area contributed by atoms with Gasteiger partial charge in [-0.2, -0.15) is 0 Å². The van der Waals surface area contributed by atoms with Crippen LogP contribution in [0.1, 0.15) is 83.1 Å². The molecule has 0 aliphatic heterocycles. The van der Waals surface area contributed by atoms with Crippen molar-refractivity contribution in [1.29, 1.82) is 0 Å². The van der Waals surface area contributed by atoms with Gasteiger partial charge in [-0.1, -0.05) is 192 Å². The zero-order valence-electron chi connectivity index (χ0n) is 24.8. The van der Waals surface area contributed by atoms with Gasteiger partial charge < -0.3 is 14.9 Å². The quantitative estimate of drug-likeness (QED) is 0.217. The maximum Gasteiger partial charge on any atom is 2.00 e. The Morgan fingerprint density at radius 3 is 0.242 bits per heavy atom. The molecule has 3 rings (SSSR count). The molecular weight excluding hydrogens is 568 g/mol. The van der Waals surface area contributed by atoms with E-state index in [2.05, 4.69) is 0 Å². The standard InChI is InChI=1S/3C6H6.6C2H6.2CH3.W/c3*1-2-4-6-5-3-1;6*1-2;;;/h3*1-6H;6*1-2H3;2*1H3;/q;;;;;;;;;2*-1;+2. The normalized spacial score (nSPS) is 5.45. The fourth-order valence-corrected chi connectivity index (χ4v) is 1.15. The zero-order chi connectivity index (χ0) is 24.7. The summed E-state index contributed by atoms with van der Waals surface area (Å²) in [5, 5.41) is 0. The average Bonchev–Trinajstić information content (AvgIpc) is 2.95. The summed E-state index contributed by atoms with van der Waals surface area (Å²) in [7, 11) is 0. The fraction of sp³-hybridized carbons (Fsp3) is 0.375. The minimum Gasteiger partial charge on any atom is -0.358 e. The van der Waals surface area contributed by atoms with Gasteiger partial charge in [-0.15, -0.1) is 0 Å². The second-order valence-electron chi connectivity index (χ2n) is 3.46. The van der Waals surface area contributed by atoms with E-state index in [1.54, 1.807) is 0 Å². The van der Waals surface area contributed by atoms with Gasteiger partial charge in [0.15, 0.2) is 0 Å². The van der Waals surface area contributed by atoms with Gasteiger partial charge in [-0.25, -0.2) is 0 Å². The molecular formula is C32H60W. The molecule has 0 amide bonds. The summed E-state index contributed by atoms with van der Waals surface area (Å²) in [6, 6.07) is 36.0. The molecule has 3 aromatic carbocycles. The molecule has 0 aliphatic carbocycles. The molecule has 0 fully saturated rings. The first-order valence-corrected chi connectivity index (χ1v) is 12.0. The van der Waals surface area contributed by atoms with Crippen molar-refractivity contribution in [3.8, 4) is 0 Å². The second kappa shape index (κ2) is 97.8. The summed E-state index contributed by atoms with van der Waals surface area (Å²) >= 11 is 0. The maximum absolute atomic E-state index is 2.00. The van der Waals surface area contributed by atoms with Crippen LogP contribution in [0.25, 0.3) is 0 Å². The molecule has 0 saturated carbocycles. The maximum atomic E-state index is 2.00. The van der Waals surface area contributed by atoms with Crippen LogP contribution in [0.4, 0.5) is 0 Å². The van der Waals surface area contributed by atoms with Gasteiger partial charge in [0.2, 0.25) is 0 Å². The van der Waals surface area contributed by atoms with Crippen LogP contribution in [0.5, 0.6) is 0 Å². The Balaban J connectivity index is -0.0000000295. The zero-order valence-corrected chi connectivity index (χ0v) is 27.7. The molecule has 0 N–H and O–H groups in total. The topological polar surface area (TPSA) is 0 Å². The van der Waals surface area contributed by atoms with Crippen LogP contribution in [-0.4, -0.2) is 0 Å². The molecule has 1 heteroatoms. The van der Waals surface area contributed by atoms with Crippen molar-refractivity contribution in [2.45, 2.75) is 83.1 Å². The van der Waals surface area contributed by atoms with Gasteiger partial charge in [0.1, 0.15) is 0 Å². The number of hydrogen-bond donors (Lipinski definition) is 0. The molecule has 194 valence electrons. The first kappa shape index (κ1) is 57.8. The first-order chi connectivity index (χ1) is 15.0. The van der Waals surface area contributed by atoms with Crippen LogP contribution in [0, 0.1) is 14.9 Å². The van der Waals surface area contributed by atoms with Crippen LogP contribution in [0.3, 0.4) is 0 Å². The van der Waals surface area contributed by atoms with E-state index in [1.165, 1.54) is 0 Å². The van der Waals surface area contributed by atoms with E-state index in [9.17, 15) is 0 Å². The Kier molecular flexibility index (Phi) is 171. The number of rotatable bonds is 0. The van der Waals surface area contributed by atoms with Crippen molar-refractivity contribution in [3.63, 3.8) is 0 Å². The summed E-state index contributed by atoms with van der Waals surface area (Å²) < 4.78 is 0. The molecule has 0 atom stereocenters. The van der Waals surface area contributed by atoms with E-state index in [-0.39, 0.29) is 35.9 Å². The van der Waals surface area contributed by atoms with Crippen molar-refractivity contribution in [2.24, 2.45) is 0 Å². The predicted octanol–water partition coefficient (Wildman–Crippen LogP) is 12.1. The Hall–Kier alpha value is -1.65. The third-order valence-corrected chi connectivity index (χ3v) is 2.00. The molecule has 0 aromatic heterocycles. The summed E-state index contributed by atoms with van der Waals surface area (Å²) in [6.45, 7) is 24.0. The summed E-state index contributed by atoms with van der Waals surface area (Å²) in [4.78, 5) is 0. The molecule has 0 saturated heterocycles. The van der Waals surface area contributed by atoms with Gasteiger partial charge in [0.25, 0.3) is 0 Å². The second-order valence-corrected chi connectivity index (χ2v) is 3.46. The van der Waals surface area contributed by atoms with E-state index >= 15 is 0 Å². The van der Waals surface area contributed by atoms with Gasteiger partial charge in [-0.05, 0) is 0 Å². The van der Waals surface area contributed by atoms with Gasteiger partial charge >= 0.3 is 21.1 Å². The van der Waals surface area contributed by atoms with Crippen LogP contribution in [0.15, 0.2) is 109 Å². The van der Waals surface area contributed by atoms with Crippen molar-refractivity contribution in [2.75, 3.05) is 0 Å². The van der Waals surface area contributed by atoms with E-state index in [4.69, 9.17) is 0 Å². The number of benzene rings is 3. The Labute approximate surface area is 227 Å². The Morgan fingerprint density at radius 2 is 0.212 bits per heavy atom. The Bertz CT molecular complexity index is 297. The SMILES string of the molecule is CC.CC.CC.CC.CC.CC.[CH3-].[CH3-].[W+2].c1ccccc1.c1ccccc1.c1ccccc1. The smallest absolute Gasteiger partial charge is 0.358 e. The minimum atomic E-state index is 0. The fourth-order valence-electron chi connectivity index (χ4n) is 1.15. The van der Waals surface area contributed by atoms with E-state index in [0.717, 1.165) is 0 Å². The largest absolute Gasteiger partial charge is 2.00 e. The summed E-state index contributed by atoms with van der Waals surface area (Å²) in [5.74, 6) is 0. The van der Waals surface area contributed by atoms with Crippen molar-refractivity contribution in [3.05, 3.63) is 124 Å². The van der Waals surface area contributed by atoms with E-state index < -0.39 is 0 Å². The molecule has 0 unspecified atom stereocenters. The van der Waals surface area contributed by atoms with Crippen LogP contribution in [0.2, 0.25) is 0 Å². The van der Waals surface area contributed by atoms with Crippen LogP contribution < -0.4 is 0 Å². The van der Waals surface area contributed by atoms with Gasteiger partial charge in [-0.3, -0.25) is 0 Å². The molecule has 0 bridgehead atoms. The van der Waals surface area contributed by atoms with Crippen LogP contribution in [-0.2, 0) is 21.1 Å². The van der Waals surface area contributed by atoms with Crippen LogP contribution >= 0.6 is 0 Å².